The second kappa shape index (κ2) is 6.46. The molecule has 4 rings (SSSR count). The summed E-state index contributed by atoms with van der Waals surface area (Å²) in [5.74, 6) is 0.209. The molecule has 1 aromatic carbocycles. The van der Waals surface area contributed by atoms with Gasteiger partial charge in [-0.05, 0) is 35.4 Å². The lowest BCUT2D eigenvalue weighted by atomic mass is 9.93. The van der Waals surface area contributed by atoms with E-state index < -0.39 is 9.84 Å². The molecule has 7 heteroatoms. The van der Waals surface area contributed by atoms with Gasteiger partial charge in [-0.2, -0.15) is 0 Å². The highest BCUT2D eigenvalue weighted by Crippen LogP contribution is 2.37. The number of thiophene rings is 1. The summed E-state index contributed by atoms with van der Waals surface area (Å²) in [5, 5.41) is 5.01. The number of carbonyl (C=O) groups excluding carboxylic acids is 1. The highest BCUT2D eigenvalue weighted by molar-refractivity contribution is 7.91. The van der Waals surface area contributed by atoms with Crippen LogP contribution in [0.5, 0.6) is 0 Å². The van der Waals surface area contributed by atoms with Gasteiger partial charge in [-0.3, -0.25) is 0 Å². The van der Waals surface area contributed by atoms with Gasteiger partial charge < -0.3 is 10.2 Å². The van der Waals surface area contributed by atoms with Crippen LogP contribution in [0.15, 0.2) is 41.8 Å². The Kier molecular flexibility index (Phi) is 4.29. The number of amides is 2. The lowest BCUT2D eigenvalue weighted by molar-refractivity contribution is 0.177. The van der Waals surface area contributed by atoms with Gasteiger partial charge in [0.15, 0.2) is 9.84 Å². The summed E-state index contributed by atoms with van der Waals surface area (Å²) in [7, 11) is -3.01. The molecule has 0 bridgehead atoms. The number of carbonyl (C=O) groups is 1. The zero-order chi connectivity index (χ0) is 17.4. The van der Waals surface area contributed by atoms with Crippen molar-refractivity contribution in [2.75, 3.05) is 18.1 Å². The van der Waals surface area contributed by atoms with Crippen molar-refractivity contribution in [1.82, 2.24) is 10.2 Å². The van der Waals surface area contributed by atoms with Crippen LogP contribution in [0.4, 0.5) is 4.79 Å². The lowest BCUT2D eigenvalue weighted by Crippen LogP contribution is -2.49. The number of rotatable bonds is 2. The Labute approximate surface area is 151 Å². The predicted octanol–water partition coefficient (Wildman–Crippen LogP) is 2.59. The quantitative estimate of drug-likeness (QED) is 0.876. The molecule has 0 saturated carbocycles. The molecule has 2 amide bonds. The highest BCUT2D eigenvalue weighted by atomic mass is 32.2. The van der Waals surface area contributed by atoms with Gasteiger partial charge in [0.25, 0.3) is 0 Å². The molecule has 0 unspecified atom stereocenters. The van der Waals surface area contributed by atoms with Crippen molar-refractivity contribution in [2.24, 2.45) is 0 Å². The first-order chi connectivity index (χ1) is 12.0. The van der Waals surface area contributed by atoms with Gasteiger partial charge in [0, 0.05) is 17.5 Å². The smallest absolute Gasteiger partial charge is 0.318 e. The maximum Gasteiger partial charge on any atom is 0.318 e. The van der Waals surface area contributed by atoms with Crippen molar-refractivity contribution in [1.29, 1.82) is 0 Å². The maximum atomic E-state index is 12.9. The Balaban J connectivity index is 1.60. The van der Waals surface area contributed by atoms with Crippen molar-refractivity contribution < 1.29 is 13.2 Å². The zero-order valence-corrected chi connectivity index (χ0v) is 15.4. The molecule has 25 heavy (non-hydrogen) atoms. The molecule has 3 heterocycles. The fourth-order valence-electron chi connectivity index (χ4n) is 3.70. The molecule has 0 radical (unpaired) electrons. The third kappa shape index (κ3) is 3.30. The van der Waals surface area contributed by atoms with Gasteiger partial charge in [-0.1, -0.05) is 30.3 Å². The van der Waals surface area contributed by atoms with Crippen LogP contribution >= 0.6 is 11.3 Å². The molecule has 1 fully saturated rings. The Hall–Kier alpha value is -1.86. The molecule has 1 N–H and O–H groups in total. The summed E-state index contributed by atoms with van der Waals surface area (Å²) in [4.78, 5) is 16.1. The van der Waals surface area contributed by atoms with Crippen molar-refractivity contribution in [2.45, 2.75) is 24.9 Å². The fourth-order valence-corrected chi connectivity index (χ4v) is 6.27. The van der Waals surface area contributed by atoms with Crippen LogP contribution in [0, 0.1) is 0 Å². The molecular weight excluding hydrogens is 356 g/mol. The van der Waals surface area contributed by atoms with Crippen LogP contribution in [0.3, 0.4) is 0 Å². The van der Waals surface area contributed by atoms with E-state index in [-0.39, 0.29) is 29.6 Å². The second-order valence-electron chi connectivity index (χ2n) is 6.61. The standard InChI is InChI=1S/C18H20N2O3S2/c21-18(19-14-8-11-25(22,23)12-14)20-9-6-16-15(7-10-24-16)17(20)13-4-2-1-3-5-13/h1-5,7,10,14,17H,6,8-9,11-12H2,(H,19,21)/t14-,17-/m1/s1. The van der Waals surface area contributed by atoms with Crippen molar-refractivity contribution in [3.05, 3.63) is 57.8 Å². The molecule has 132 valence electrons. The van der Waals surface area contributed by atoms with E-state index in [2.05, 4.69) is 16.8 Å². The number of sulfone groups is 1. The maximum absolute atomic E-state index is 12.9. The second-order valence-corrected chi connectivity index (χ2v) is 9.83. The minimum atomic E-state index is -3.01. The Morgan fingerprint density at radius 2 is 2.00 bits per heavy atom. The number of fused-ring (bicyclic) bond motifs is 1. The number of hydrogen-bond donors (Lipinski definition) is 1. The Bertz CT molecular complexity index is 877. The summed E-state index contributed by atoms with van der Waals surface area (Å²) in [6.45, 7) is 0.637. The fraction of sp³-hybridized carbons (Fsp3) is 0.389. The van der Waals surface area contributed by atoms with E-state index in [0.717, 1.165) is 12.0 Å². The minimum absolute atomic E-state index is 0.0479. The molecular formula is C18H20N2O3S2. The van der Waals surface area contributed by atoms with Gasteiger partial charge >= 0.3 is 6.03 Å². The van der Waals surface area contributed by atoms with Crippen molar-refractivity contribution in [3.8, 4) is 0 Å². The summed E-state index contributed by atoms with van der Waals surface area (Å²) in [6.07, 6.45) is 1.34. The van der Waals surface area contributed by atoms with Crippen molar-refractivity contribution >= 4 is 27.2 Å². The van der Waals surface area contributed by atoms with E-state index in [4.69, 9.17) is 0 Å². The van der Waals surface area contributed by atoms with E-state index in [0.29, 0.717) is 13.0 Å². The van der Waals surface area contributed by atoms with Gasteiger partial charge in [-0.15, -0.1) is 11.3 Å². The van der Waals surface area contributed by atoms with E-state index >= 15 is 0 Å². The van der Waals surface area contributed by atoms with Crippen LogP contribution in [-0.4, -0.2) is 43.4 Å². The number of urea groups is 1. The third-order valence-electron chi connectivity index (χ3n) is 4.90. The van der Waals surface area contributed by atoms with Crippen LogP contribution in [0.25, 0.3) is 0 Å². The van der Waals surface area contributed by atoms with Gasteiger partial charge in [-0.25, -0.2) is 13.2 Å². The number of hydrogen-bond acceptors (Lipinski definition) is 4. The molecule has 0 aliphatic carbocycles. The van der Waals surface area contributed by atoms with Crippen LogP contribution in [0.2, 0.25) is 0 Å². The van der Waals surface area contributed by atoms with Crippen LogP contribution < -0.4 is 5.32 Å². The highest BCUT2D eigenvalue weighted by Gasteiger charge is 2.35. The molecule has 2 aliphatic heterocycles. The average Bonchev–Trinajstić information content (AvgIpc) is 3.20. The Morgan fingerprint density at radius 3 is 2.72 bits per heavy atom. The number of nitrogens with zero attached hydrogens (tertiary/aromatic N) is 1. The first kappa shape index (κ1) is 16.6. The largest absolute Gasteiger partial charge is 0.334 e. The summed E-state index contributed by atoms with van der Waals surface area (Å²) in [5.41, 5.74) is 2.26. The van der Waals surface area contributed by atoms with E-state index in [9.17, 15) is 13.2 Å². The monoisotopic (exact) mass is 376 g/mol. The minimum Gasteiger partial charge on any atom is -0.334 e. The molecule has 1 aromatic heterocycles. The van der Waals surface area contributed by atoms with Gasteiger partial charge in [0.1, 0.15) is 0 Å². The predicted molar refractivity (Wildman–Crippen MR) is 98.6 cm³/mol. The Morgan fingerprint density at radius 1 is 1.20 bits per heavy atom. The lowest BCUT2D eigenvalue weighted by Gasteiger charge is -2.36. The summed E-state index contributed by atoms with van der Waals surface area (Å²) in [6, 6.07) is 11.5. The van der Waals surface area contributed by atoms with Gasteiger partial charge in [0.2, 0.25) is 0 Å². The first-order valence-electron chi connectivity index (χ1n) is 8.42. The zero-order valence-electron chi connectivity index (χ0n) is 13.7. The molecule has 2 aromatic rings. The van der Waals surface area contributed by atoms with Crippen LogP contribution in [-0.2, 0) is 16.3 Å². The van der Waals surface area contributed by atoms with Gasteiger partial charge in [0.05, 0.1) is 17.5 Å². The SMILES string of the molecule is O=C(N[C@@H]1CCS(=O)(=O)C1)N1CCc2sccc2[C@H]1c1ccccc1. The molecule has 2 atom stereocenters. The average molecular weight is 377 g/mol. The normalized spacial score (nSPS) is 24.7. The molecule has 2 aliphatic rings. The van der Waals surface area contributed by atoms with Crippen molar-refractivity contribution in [3.63, 3.8) is 0 Å². The van der Waals surface area contributed by atoms with E-state index in [1.807, 2.05) is 35.2 Å². The topological polar surface area (TPSA) is 66.5 Å². The number of benzene rings is 1. The number of nitrogens with one attached hydrogen (secondary N) is 1. The van der Waals surface area contributed by atoms with Crippen LogP contribution in [0.1, 0.15) is 28.5 Å². The third-order valence-corrected chi connectivity index (χ3v) is 7.67. The molecule has 1 saturated heterocycles. The summed E-state index contributed by atoms with van der Waals surface area (Å²) < 4.78 is 23.3. The first-order valence-corrected chi connectivity index (χ1v) is 11.1. The molecule has 5 nitrogen and oxygen atoms in total. The van der Waals surface area contributed by atoms with E-state index in [1.54, 1.807) is 11.3 Å². The van der Waals surface area contributed by atoms with E-state index in [1.165, 1.54) is 10.4 Å². The molecule has 0 spiro atoms. The summed E-state index contributed by atoms with van der Waals surface area (Å²) >= 11 is 1.73.